The van der Waals surface area contributed by atoms with E-state index in [0.717, 1.165) is 43.6 Å². The van der Waals surface area contributed by atoms with Crippen molar-refractivity contribution < 1.29 is 14.5 Å². The minimum absolute atomic E-state index is 0.0947. The number of carbonyl (C=O) groups is 2. The second-order valence-electron chi connectivity index (χ2n) is 8.45. The van der Waals surface area contributed by atoms with E-state index in [-0.39, 0.29) is 17.2 Å². The van der Waals surface area contributed by atoms with Crippen LogP contribution in [0.3, 0.4) is 0 Å². The summed E-state index contributed by atoms with van der Waals surface area (Å²) in [7, 11) is 0. The predicted octanol–water partition coefficient (Wildman–Crippen LogP) is 6.05. The second kappa shape index (κ2) is 10.6. The molecule has 0 saturated carbocycles. The van der Waals surface area contributed by atoms with Gasteiger partial charge in [0.05, 0.1) is 10.5 Å². The fourth-order valence-corrected chi connectivity index (χ4v) is 4.23. The Morgan fingerprint density at radius 2 is 1.63 bits per heavy atom. The lowest BCUT2D eigenvalue weighted by Crippen LogP contribution is -2.31. The topological polar surface area (TPSA) is 105 Å². The van der Waals surface area contributed by atoms with E-state index in [0.29, 0.717) is 22.0 Å². The van der Waals surface area contributed by atoms with Crippen LogP contribution in [-0.2, 0) is 0 Å². The van der Waals surface area contributed by atoms with Crippen LogP contribution in [0, 0.1) is 17.0 Å². The maximum absolute atomic E-state index is 13.4. The van der Waals surface area contributed by atoms with E-state index in [1.807, 2.05) is 19.1 Å². The maximum Gasteiger partial charge on any atom is 0.269 e. The van der Waals surface area contributed by atoms with Gasteiger partial charge in [0.25, 0.3) is 17.5 Å². The van der Waals surface area contributed by atoms with Gasteiger partial charge in [-0.05, 0) is 74.2 Å². The normalized spacial score (nSPS) is 13.3. The molecule has 0 spiro atoms. The third-order valence-electron chi connectivity index (χ3n) is 5.98. The number of non-ortho nitro benzene ring substituents is 1. The highest BCUT2D eigenvalue weighted by atomic mass is 35.5. The van der Waals surface area contributed by atoms with Gasteiger partial charge in [-0.1, -0.05) is 17.7 Å². The van der Waals surface area contributed by atoms with Crippen LogP contribution in [0.1, 0.15) is 45.5 Å². The van der Waals surface area contributed by atoms with Crippen LogP contribution in [-0.4, -0.2) is 29.8 Å². The van der Waals surface area contributed by atoms with Crippen molar-refractivity contribution in [2.75, 3.05) is 28.6 Å². The minimum Gasteiger partial charge on any atom is -0.371 e. The highest BCUT2D eigenvalue weighted by Gasteiger charge is 2.21. The highest BCUT2D eigenvalue weighted by Crippen LogP contribution is 2.29. The minimum atomic E-state index is -0.520. The van der Waals surface area contributed by atoms with Crippen molar-refractivity contribution in [1.29, 1.82) is 0 Å². The van der Waals surface area contributed by atoms with Gasteiger partial charge in [-0.3, -0.25) is 19.7 Å². The summed E-state index contributed by atoms with van der Waals surface area (Å²) in [4.78, 5) is 38.7. The van der Waals surface area contributed by atoms with Gasteiger partial charge < -0.3 is 15.5 Å². The SMILES string of the molecule is Cc1ccc(Cl)cc1NC(=O)c1cc(NC(=O)c2ccc([N+](=O)[O-])cc2)ccc1N1CCCCC1. The third kappa shape index (κ3) is 5.78. The molecule has 3 aromatic rings. The van der Waals surface area contributed by atoms with E-state index >= 15 is 0 Å². The molecular weight excluding hydrogens is 468 g/mol. The summed E-state index contributed by atoms with van der Waals surface area (Å²) in [6, 6.07) is 15.9. The zero-order valence-electron chi connectivity index (χ0n) is 19.2. The molecule has 4 rings (SSSR count). The molecule has 0 aliphatic carbocycles. The van der Waals surface area contributed by atoms with E-state index < -0.39 is 10.8 Å². The monoisotopic (exact) mass is 492 g/mol. The first-order valence-corrected chi connectivity index (χ1v) is 11.7. The Morgan fingerprint density at radius 3 is 2.31 bits per heavy atom. The van der Waals surface area contributed by atoms with E-state index in [1.165, 1.54) is 24.3 Å². The van der Waals surface area contributed by atoms with Crippen molar-refractivity contribution in [2.24, 2.45) is 0 Å². The lowest BCUT2D eigenvalue weighted by Gasteiger charge is -2.30. The number of benzene rings is 3. The van der Waals surface area contributed by atoms with Gasteiger partial charge in [-0.25, -0.2) is 0 Å². The Morgan fingerprint density at radius 1 is 0.914 bits per heavy atom. The summed E-state index contributed by atoms with van der Waals surface area (Å²) in [6.07, 6.45) is 3.25. The van der Waals surface area contributed by atoms with E-state index in [2.05, 4.69) is 15.5 Å². The highest BCUT2D eigenvalue weighted by molar-refractivity contribution is 6.31. The average Bonchev–Trinajstić information content (AvgIpc) is 2.86. The molecule has 2 N–H and O–H groups in total. The summed E-state index contributed by atoms with van der Waals surface area (Å²) in [5, 5.41) is 17.1. The quantitative estimate of drug-likeness (QED) is 0.322. The molecule has 0 atom stereocenters. The zero-order chi connectivity index (χ0) is 24.9. The molecule has 35 heavy (non-hydrogen) atoms. The smallest absolute Gasteiger partial charge is 0.269 e. The van der Waals surface area contributed by atoms with Crippen LogP contribution < -0.4 is 15.5 Å². The van der Waals surface area contributed by atoms with Crippen LogP contribution in [0.5, 0.6) is 0 Å². The molecule has 0 unspecified atom stereocenters. The summed E-state index contributed by atoms with van der Waals surface area (Å²) in [5.41, 5.74) is 3.36. The predicted molar refractivity (Wildman–Crippen MR) is 138 cm³/mol. The number of aryl methyl sites for hydroxylation is 1. The number of halogens is 1. The van der Waals surface area contributed by atoms with Gasteiger partial charge in [-0.15, -0.1) is 0 Å². The lowest BCUT2D eigenvalue weighted by atomic mass is 10.0. The summed E-state index contributed by atoms with van der Waals surface area (Å²) in [5.74, 6) is -0.731. The maximum atomic E-state index is 13.4. The molecule has 0 radical (unpaired) electrons. The van der Waals surface area contributed by atoms with Gasteiger partial charge in [-0.2, -0.15) is 0 Å². The number of anilines is 3. The molecule has 1 aliphatic rings. The van der Waals surface area contributed by atoms with Crippen molar-refractivity contribution >= 4 is 46.2 Å². The molecule has 9 heteroatoms. The number of hydrogen-bond acceptors (Lipinski definition) is 5. The summed E-state index contributed by atoms with van der Waals surface area (Å²) >= 11 is 6.12. The number of carbonyl (C=O) groups excluding carboxylic acids is 2. The summed E-state index contributed by atoms with van der Waals surface area (Å²) < 4.78 is 0. The second-order valence-corrected chi connectivity index (χ2v) is 8.89. The number of nitro groups is 1. The molecule has 0 aromatic heterocycles. The van der Waals surface area contributed by atoms with Gasteiger partial charge in [0.15, 0.2) is 0 Å². The van der Waals surface area contributed by atoms with Crippen molar-refractivity contribution in [1.82, 2.24) is 0 Å². The van der Waals surface area contributed by atoms with Crippen LogP contribution in [0.4, 0.5) is 22.7 Å². The number of hydrogen-bond donors (Lipinski definition) is 2. The molecule has 0 bridgehead atoms. The molecular formula is C26H25ClN4O4. The molecule has 1 fully saturated rings. The first kappa shape index (κ1) is 24.2. The van der Waals surface area contributed by atoms with Crippen LogP contribution >= 0.6 is 11.6 Å². The first-order chi connectivity index (χ1) is 16.8. The van der Waals surface area contributed by atoms with Gasteiger partial charge in [0, 0.05) is 52.9 Å². The number of rotatable bonds is 6. The summed E-state index contributed by atoms with van der Waals surface area (Å²) in [6.45, 7) is 3.59. The van der Waals surface area contributed by atoms with Gasteiger partial charge >= 0.3 is 0 Å². The van der Waals surface area contributed by atoms with Gasteiger partial charge in [0.1, 0.15) is 0 Å². The number of nitro benzene ring substituents is 1. The number of nitrogens with zero attached hydrogens (tertiary/aromatic N) is 2. The van der Waals surface area contributed by atoms with Gasteiger partial charge in [0.2, 0.25) is 0 Å². The Hall–Kier alpha value is -3.91. The van der Waals surface area contributed by atoms with Crippen molar-refractivity contribution in [3.05, 3.63) is 92.5 Å². The van der Waals surface area contributed by atoms with E-state index in [1.54, 1.807) is 24.3 Å². The Kier molecular flexibility index (Phi) is 7.31. The molecule has 180 valence electrons. The average molecular weight is 493 g/mol. The lowest BCUT2D eigenvalue weighted by molar-refractivity contribution is -0.384. The first-order valence-electron chi connectivity index (χ1n) is 11.3. The molecule has 2 amide bonds. The number of amides is 2. The van der Waals surface area contributed by atoms with E-state index in [9.17, 15) is 19.7 Å². The Labute approximate surface area is 208 Å². The van der Waals surface area contributed by atoms with Crippen molar-refractivity contribution in [3.63, 3.8) is 0 Å². The number of nitrogens with one attached hydrogen (secondary N) is 2. The van der Waals surface area contributed by atoms with E-state index in [4.69, 9.17) is 11.6 Å². The van der Waals surface area contributed by atoms with Crippen molar-refractivity contribution in [2.45, 2.75) is 26.2 Å². The fraction of sp³-hybridized carbons (Fsp3) is 0.231. The zero-order valence-corrected chi connectivity index (χ0v) is 20.0. The van der Waals surface area contributed by atoms with Crippen LogP contribution in [0.2, 0.25) is 5.02 Å². The standard InChI is InChI=1S/C26H25ClN4O4/c1-17-5-8-19(27)15-23(17)29-26(33)22-16-20(9-12-24(22)30-13-3-2-4-14-30)28-25(32)18-6-10-21(11-7-18)31(34)35/h5-12,15-16H,2-4,13-14H2,1H3,(H,28,32)(H,29,33). The Balaban J connectivity index is 1.62. The van der Waals surface area contributed by atoms with Crippen LogP contribution in [0.15, 0.2) is 60.7 Å². The molecule has 1 heterocycles. The largest absolute Gasteiger partial charge is 0.371 e. The molecule has 8 nitrogen and oxygen atoms in total. The molecule has 1 aliphatic heterocycles. The number of piperidine rings is 1. The van der Waals surface area contributed by atoms with Crippen molar-refractivity contribution in [3.8, 4) is 0 Å². The fourth-order valence-electron chi connectivity index (χ4n) is 4.06. The molecule has 1 saturated heterocycles. The molecule has 3 aromatic carbocycles. The third-order valence-corrected chi connectivity index (χ3v) is 6.22. The Bertz CT molecular complexity index is 1270. The van der Waals surface area contributed by atoms with Crippen LogP contribution in [0.25, 0.3) is 0 Å².